The average Bonchev–Trinajstić information content (AvgIpc) is 2.42. The van der Waals surface area contributed by atoms with Crippen molar-refractivity contribution >= 4 is 5.57 Å². The smallest absolute Gasteiger partial charge is 0.309 e. The standard InChI is InChI=1S/C14H14FNO3/c1-2-19-14(16(17)18)10-12(8-9-13(14)15)11-6-4-3-5-7-11/h3-9H,2,10H2,1H3. The van der Waals surface area contributed by atoms with Crippen LogP contribution in [-0.2, 0) is 4.74 Å². The van der Waals surface area contributed by atoms with E-state index >= 15 is 0 Å². The zero-order valence-corrected chi connectivity index (χ0v) is 10.5. The second-order valence-corrected chi connectivity index (χ2v) is 4.22. The Labute approximate surface area is 110 Å². The first-order valence-electron chi connectivity index (χ1n) is 6.01. The van der Waals surface area contributed by atoms with E-state index in [2.05, 4.69) is 0 Å². The average molecular weight is 263 g/mol. The van der Waals surface area contributed by atoms with Gasteiger partial charge in [0.2, 0.25) is 5.83 Å². The van der Waals surface area contributed by atoms with Crippen LogP contribution in [0.1, 0.15) is 18.9 Å². The molecular weight excluding hydrogens is 249 g/mol. The Morgan fingerprint density at radius 3 is 2.63 bits per heavy atom. The summed E-state index contributed by atoms with van der Waals surface area (Å²) in [5.74, 6) is -0.862. The number of hydrogen-bond donors (Lipinski definition) is 0. The van der Waals surface area contributed by atoms with E-state index in [0.29, 0.717) is 5.57 Å². The Kier molecular flexibility index (Phi) is 3.76. The van der Waals surface area contributed by atoms with E-state index in [1.54, 1.807) is 13.0 Å². The van der Waals surface area contributed by atoms with Gasteiger partial charge in [-0.2, -0.15) is 0 Å². The van der Waals surface area contributed by atoms with Gasteiger partial charge in [0, 0.05) is 0 Å². The van der Waals surface area contributed by atoms with Crippen LogP contribution in [0.2, 0.25) is 0 Å². The van der Waals surface area contributed by atoms with Crippen LogP contribution >= 0.6 is 0 Å². The lowest BCUT2D eigenvalue weighted by atomic mass is 9.91. The Morgan fingerprint density at radius 1 is 1.37 bits per heavy atom. The summed E-state index contributed by atoms with van der Waals surface area (Å²) < 4.78 is 19.0. The Bertz CT molecular complexity index is 539. The Balaban J connectivity index is 2.40. The zero-order valence-electron chi connectivity index (χ0n) is 10.5. The molecule has 5 heteroatoms. The van der Waals surface area contributed by atoms with Crippen LogP contribution in [0.4, 0.5) is 4.39 Å². The summed E-state index contributed by atoms with van der Waals surface area (Å²) >= 11 is 0. The van der Waals surface area contributed by atoms with Gasteiger partial charge in [-0.3, -0.25) is 10.1 Å². The Hall–Kier alpha value is -2.01. The second kappa shape index (κ2) is 5.32. The summed E-state index contributed by atoms with van der Waals surface area (Å²) in [5, 5.41) is 11.2. The highest BCUT2D eigenvalue weighted by Gasteiger charge is 2.51. The molecule has 0 saturated carbocycles. The highest BCUT2D eigenvalue weighted by atomic mass is 19.1. The van der Waals surface area contributed by atoms with Gasteiger partial charge in [0.25, 0.3) is 0 Å². The minimum atomic E-state index is -2.09. The third kappa shape index (κ3) is 2.42. The molecule has 4 nitrogen and oxygen atoms in total. The first-order chi connectivity index (χ1) is 9.10. The van der Waals surface area contributed by atoms with Crippen molar-refractivity contribution in [1.82, 2.24) is 0 Å². The summed E-state index contributed by atoms with van der Waals surface area (Å²) in [6, 6.07) is 9.18. The minimum Gasteiger partial charge on any atom is -0.309 e. The van der Waals surface area contributed by atoms with Crippen LogP contribution in [0, 0.1) is 10.1 Å². The van der Waals surface area contributed by atoms with Crippen molar-refractivity contribution in [2.75, 3.05) is 6.61 Å². The molecule has 0 saturated heterocycles. The van der Waals surface area contributed by atoms with Crippen molar-refractivity contribution in [3.63, 3.8) is 0 Å². The van der Waals surface area contributed by atoms with Crippen LogP contribution < -0.4 is 0 Å². The van der Waals surface area contributed by atoms with Gasteiger partial charge in [-0.1, -0.05) is 36.4 Å². The van der Waals surface area contributed by atoms with Gasteiger partial charge in [-0.25, -0.2) is 4.39 Å². The van der Waals surface area contributed by atoms with Crippen LogP contribution in [-0.4, -0.2) is 17.3 Å². The van der Waals surface area contributed by atoms with E-state index in [9.17, 15) is 14.5 Å². The number of halogens is 1. The fraction of sp³-hybridized carbons (Fsp3) is 0.286. The molecule has 0 bridgehead atoms. The minimum absolute atomic E-state index is 0.0737. The van der Waals surface area contributed by atoms with E-state index in [1.807, 2.05) is 30.3 Å². The molecule has 1 aromatic carbocycles. The molecule has 1 aliphatic carbocycles. The summed E-state index contributed by atoms with van der Waals surface area (Å²) in [6.45, 7) is 1.68. The molecule has 100 valence electrons. The molecule has 2 rings (SSSR count). The van der Waals surface area contributed by atoms with Gasteiger partial charge in [0.15, 0.2) is 0 Å². The van der Waals surface area contributed by atoms with Gasteiger partial charge >= 0.3 is 5.72 Å². The quantitative estimate of drug-likeness (QED) is 0.475. The van der Waals surface area contributed by atoms with E-state index < -0.39 is 16.5 Å². The number of allylic oxidation sites excluding steroid dienone is 2. The molecule has 1 unspecified atom stereocenters. The fourth-order valence-electron chi connectivity index (χ4n) is 2.12. The molecule has 0 aliphatic heterocycles. The van der Waals surface area contributed by atoms with Crippen molar-refractivity contribution in [1.29, 1.82) is 0 Å². The van der Waals surface area contributed by atoms with E-state index in [1.165, 1.54) is 0 Å². The second-order valence-electron chi connectivity index (χ2n) is 4.22. The predicted molar refractivity (Wildman–Crippen MR) is 69.6 cm³/mol. The highest BCUT2D eigenvalue weighted by Crippen LogP contribution is 2.38. The molecule has 0 N–H and O–H groups in total. The monoisotopic (exact) mass is 263 g/mol. The van der Waals surface area contributed by atoms with Crippen LogP contribution in [0.5, 0.6) is 0 Å². The molecule has 0 amide bonds. The Morgan fingerprint density at radius 2 is 2.05 bits per heavy atom. The lowest BCUT2D eigenvalue weighted by Gasteiger charge is -2.26. The van der Waals surface area contributed by atoms with Gasteiger partial charge in [-0.05, 0) is 24.1 Å². The fourth-order valence-corrected chi connectivity index (χ4v) is 2.12. The summed E-state index contributed by atoms with van der Waals surface area (Å²) in [5.41, 5.74) is -0.571. The number of hydrogen-bond acceptors (Lipinski definition) is 3. The van der Waals surface area contributed by atoms with Crippen molar-refractivity contribution in [3.8, 4) is 0 Å². The molecule has 1 aromatic rings. The first kappa shape index (κ1) is 13.4. The summed E-state index contributed by atoms with van der Waals surface area (Å²) in [7, 11) is 0. The van der Waals surface area contributed by atoms with Gasteiger partial charge in [0.05, 0.1) is 18.0 Å². The summed E-state index contributed by atoms with van der Waals surface area (Å²) in [6.07, 6.45) is 2.57. The SMILES string of the molecule is CCOC1([N+](=O)[O-])CC(c2ccccc2)=CC=C1F. The maximum Gasteiger partial charge on any atom is 0.381 e. The van der Waals surface area contributed by atoms with Crippen molar-refractivity contribution < 1.29 is 14.1 Å². The van der Waals surface area contributed by atoms with Crippen LogP contribution in [0.25, 0.3) is 5.57 Å². The lowest BCUT2D eigenvalue weighted by Crippen LogP contribution is -2.43. The van der Waals surface area contributed by atoms with Crippen LogP contribution in [0.3, 0.4) is 0 Å². The molecule has 1 aliphatic rings. The normalized spacial score (nSPS) is 22.6. The third-order valence-electron chi connectivity index (χ3n) is 3.06. The van der Waals surface area contributed by atoms with Gasteiger partial charge in [-0.15, -0.1) is 0 Å². The van der Waals surface area contributed by atoms with Crippen molar-refractivity contribution in [2.45, 2.75) is 19.1 Å². The van der Waals surface area contributed by atoms with E-state index in [-0.39, 0.29) is 13.0 Å². The maximum atomic E-state index is 13.9. The predicted octanol–water partition coefficient (Wildman–Crippen LogP) is 3.34. The molecular formula is C14H14FNO3. The lowest BCUT2D eigenvalue weighted by molar-refractivity contribution is -0.618. The molecule has 0 spiro atoms. The number of nitro groups is 1. The van der Waals surface area contributed by atoms with Crippen LogP contribution in [0.15, 0.2) is 48.3 Å². The number of rotatable bonds is 4. The summed E-state index contributed by atoms with van der Waals surface area (Å²) in [4.78, 5) is 10.5. The topological polar surface area (TPSA) is 52.4 Å². The van der Waals surface area contributed by atoms with E-state index in [0.717, 1.165) is 11.6 Å². The molecule has 19 heavy (non-hydrogen) atoms. The largest absolute Gasteiger partial charge is 0.381 e. The molecule has 0 fully saturated rings. The van der Waals surface area contributed by atoms with Crippen molar-refractivity contribution in [2.24, 2.45) is 0 Å². The van der Waals surface area contributed by atoms with E-state index in [4.69, 9.17) is 4.74 Å². The first-order valence-corrected chi connectivity index (χ1v) is 6.01. The zero-order chi connectivity index (χ0) is 13.9. The number of ether oxygens (including phenoxy) is 1. The maximum absolute atomic E-state index is 13.9. The van der Waals surface area contributed by atoms with Gasteiger partial charge in [0.1, 0.15) is 0 Å². The molecule has 0 heterocycles. The molecule has 1 atom stereocenters. The highest BCUT2D eigenvalue weighted by molar-refractivity contribution is 5.69. The van der Waals surface area contributed by atoms with Gasteiger partial charge < -0.3 is 4.74 Å². The van der Waals surface area contributed by atoms with Crippen molar-refractivity contribution in [3.05, 3.63) is 64.0 Å². The molecule has 0 aromatic heterocycles. The number of nitrogens with zero attached hydrogens (tertiary/aromatic N) is 1. The third-order valence-corrected chi connectivity index (χ3v) is 3.06. The molecule has 0 radical (unpaired) electrons. The number of benzene rings is 1.